The number of benzene rings is 3. The van der Waals surface area contributed by atoms with Crippen molar-refractivity contribution in [2.24, 2.45) is 0 Å². The van der Waals surface area contributed by atoms with E-state index in [1.165, 1.54) is 0 Å². The largest absolute Gasteiger partial charge is 0.491 e. The van der Waals surface area contributed by atoms with Gasteiger partial charge in [-0.1, -0.05) is 65.7 Å². The molecule has 0 saturated heterocycles. The first kappa shape index (κ1) is 25.1. The summed E-state index contributed by atoms with van der Waals surface area (Å²) in [6, 6.07) is 22.0. The van der Waals surface area contributed by atoms with Gasteiger partial charge in [0.15, 0.2) is 0 Å². The highest BCUT2D eigenvalue weighted by Gasteiger charge is 2.28. The van der Waals surface area contributed by atoms with Crippen molar-refractivity contribution in [1.82, 2.24) is 9.80 Å². The Morgan fingerprint density at radius 1 is 0.943 bits per heavy atom. The zero-order chi connectivity index (χ0) is 24.8. The first-order chi connectivity index (χ1) is 16.9. The Hall–Kier alpha value is -3.02. The molecule has 3 aromatic rings. The maximum atomic E-state index is 13.7. The fourth-order valence-electron chi connectivity index (χ4n) is 4.28. The summed E-state index contributed by atoms with van der Waals surface area (Å²) in [5.74, 6) is 0.331. The summed E-state index contributed by atoms with van der Waals surface area (Å²) in [4.78, 5) is 30.3. The van der Waals surface area contributed by atoms with Crippen LogP contribution in [0.25, 0.3) is 0 Å². The molecule has 1 atom stereocenters. The molecular weight excluding hydrogens is 483 g/mol. The number of rotatable bonds is 3. The third-order valence-corrected chi connectivity index (χ3v) is 6.96. The molecule has 0 spiro atoms. The zero-order valence-electron chi connectivity index (χ0n) is 19.6. The second kappa shape index (κ2) is 11.6. The number of halogens is 2. The van der Waals surface area contributed by atoms with Gasteiger partial charge in [0.05, 0.1) is 21.7 Å². The average molecular weight is 511 g/mol. The third kappa shape index (κ3) is 6.16. The van der Waals surface area contributed by atoms with Crippen LogP contribution >= 0.6 is 23.2 Å². The van der Waals surface area contributed by atoms with Crippen LogP contribution in [0.2, 0.25) is 10.0 Å². The number of carbonyl (C=O) groups is 2. The van der Waals surface area contributed by atoms with Gasteiger partial charge in [0.2, 0.25) is 0 Å². The lowest BCUT2D eigenvalue weighted by atomic mass is 10.0. The summed E-state index contributed by atoms with van der Waals surface area (Å²) < 4.78 is 6.23. The van der Waals surface area contributed by atoms with Crippen LogP contribution in [0, 0.1) is 0 Å². The lowest BCUT2D eigenvalue weighted by molar-refractivity contribution is 0.0590. The Balaban J connectivity index is 1.70. The molecule has 0 N–H and O–H groups in total. The number of amides is 2. The van der Waals surface area contributed by atoms with E-state index in [-0.39, 0.29) is 24.5 Å². The van der Waals surface area contributed by atoms with Crippen molar-refractivity contribution < 1.29 is 14.3 Å². The fourth-order valence-corrected chi connectivity index (χ4v) is 4.58. The molecule has 0 aromatic heterocycles. The van der Waals surface area contributed by atoms with Gasteiger partial charge in [-0.3, -0.25) is 9.59 Å². The summed E-state index contributed by atoms with van der Waals surface area (Å²) in [5.41, 5.74) is 2.11. The molecular formula is C28H28Cl2N2O3. The molecule has 0 saturated carbocycles. The summed E-state index contributed by atoms with van der Waals surface area (Å²) in [7, 11) is 1.79. The number of nitrogens with zero attached hydrogens (tertiary/aromatic N) is 2. The van der Waals surface area contributed by atoms with Crippen LogP contribution in [0.3, 0.4) is 0 Å². The molecule has 182 valence electrons. The first-order valence-electron chi connectivity index (χ1n) is 11.7. The predicted octanol–water partition coefficient (Wildman–Crippen LogP) is 5.99. The molecule has 35 heavy (non-hydrogen) atoms. The first-order valence-corrected chi connectivity index (χ1v) is 12.5. The Bertz CT molecular complexity index is 1190. The number of hydrogen-bond acceptors (Lipinski definition) is 3. The van der Waals surface area contributed by atoms with Gasteiger partial charge in [-0.25, -0.2) is 0 Å². The molecule has 5 nitrogen and oxygen atoms in total. The van der Waals surface area contributed by atoms with Crippen molar-refractivity contribution in [2.75, 3.05) is 26.7 Å². The maximum Gasteiger partial charge on any atom is 0.257 e. The molecule has 7 heteroatoms. The smallest absolute Gasteiger partial charge is 0.257 e. The van der Waals surface area contributed by atoms with Crippen molar-refractivity contribution in [3.8, 4) is 5.75 Å². The summed E-state index contributed by atoms with van der Waals surface area (Å²) >= 11 is 12.3. The van der Waals surface area contributed by atoms with Gasteiger partial charge < -0.3 is 14.5 Å². The van der Waals surface area contributed by atoms with Gasteiger partial charge in [0, 0.05) is 25.7 Å². The molecule has 0 unspecified atom stereocenters. The molecule has 4 rings (SSSR count). The molecule has 3 aromatic carbocycles. The normalized spacial score (nSPS) is 17.1. The minimum absolute atomic E-state index is 0.0653. The van der Waals surface area contributed by atoms with E-state index in [0.717, 1.165) is 18.4 Å². The summed E-state index contributed by atoms with van der Waals surface area (Å²) in [6.07, 6.45) is 2.13. The maximum absolute atomic E-state index is 13.7. The highest BCUT2D eigenvalue weighted by Crippen LogP contribution is 2.26. The van der Waals surface area contributed by atoms with E-state index in [2.05, 4.69) is 0 Å². The highest BCUT2D eigenvalue weighted by atomic mass is 35.5. The van der Waals surface area contributed by atoms with E-state index in [9.17, 15) is 9.59 Å². The molecule has 2 amide bonds. The average Bonchev–Trinajstić information content (AvgIpc) is 2.87. The van der Waals surface area contributed by atoms with Crippen LogP contribution < -0.4 is 4.74 Å². The standard InChI is InChI=1S/C28H28Cl2N2O3/c1-31-15-7-8-16-32(27(33)21-13-14-24(29)25(30)18-21)22(17-20-9-3-2-4-10-20)19-35-26-12-6-5-11-23(26)28(31)34/h2-6,9-14,18,22H,7-8,15-17,19H2,1H3/t22-/m0/s1. The summed E-state index contributed by atoms with van der Waals surface area (Å²) in [5, 5.41) is 0.752. The number of hydrogen-bond donors (Lipinski definition) is 0. The van der Waals surface area contributed by atoms with Gasteiger partial charge in [-0.05, 0) is 55.2 Å². The monoisotopic (exact) mass is 510 g/mol. The van der Waals surface area contributed by atoms with Crippen molar-refractivity contribution in [2.45, 2.75) is 25.3 Å². The molecule has 0 aliphatic carbocycles. The van der Waals surface area contributed by atoms with E-state index >= 15 is 0 Å². The Morgan fingerprint density at radius 3 is 2.43 bits per heavy atom. The molecule has 1 aliphatic heterocycles. The van der Waals surface area contributed by atoms with Crippen molar-refractivity contribution >= 4 is 35.0 Å². The molecule has 0 bridgehead atoms. The van der Waals surface area contributed by atoms with Crippen molar-refractivity contribution in [3.05, 3.63) is 99.5 Å². The number of carbonyl (C=O) groups excluding carboxylic acids is 2. The van der Waals surface area contributed by atoms with Gasteiger partial charge in [0.25, 0.3) is 11.8 Å². The number of ether oxygens (including phenoxy) is 1. The predicted molar refractivity (Wildman–Crippen MR) is 140 cm³/mol. The Morgan fingerprint density at radius 2 is 1.66 bits per heavy atom. The molecule has 0 radical (unpaired) electrons. The molecule has 1 aliphatic rings. The topological polar surface area (TPSA) is 49.9 Å². The van der Waals surface area contributed by atoms with E-state index < -0.39 is 0 Å². The zero-order valence-corrected chi connectivity index (χ0v) is 21.1. The minimum Gasteiger partial charge on any atom is -0.491 e. The van der Waals surface area contributed by atoms with Gasteiger partial charge >= 0.3 is 0 Å². The third-order valence-electron chi connectivity index (χ3n) is 6.22. The molecule has 0 fully saturated rings. The van der Waals surface area contributed by atoms with Crippen LogP contribution in [-0.2, 0) is 6.42 Å². The second-order valence-corrected chi connectivity index (χ2v) is 9.53. The quantitative estimate of drug-likeness (QED) is 0.434. The highest BCUT2D eigenvalue weighted by molar-refractivity contribution is 6.42. The summed E-state index contributed by atoms with van der Waals surface area (Å²) in [6.45, 7) is 1.37. The van der Waals surface area contributed by atoms with Crippen molar-refractivity contribution in [1.29, 1.82) is 0 Å². The van der Waals surface area contributed by atoms with Gasteiger partial charge in [-0.15, -0.1) is 0 Å². The number of fused-ring (bicyclic) bond motifs is 1. The second-order valence-electron chi connectivity index (χ2n) is 8.71. The van der Waals surface area contributed by atoms with E-state index in [4.69, 9.17) is 27.9 Å². The van der Waals surface area contributed by atoms with E-state index in [0.29, 0.717) is 46.4 Å². The lowest BCUT2D eigenvalue weighted by Crippen LogP contribution is -2.46. The minimum atomic E-state index is -0.250. The van der Waals surface area contributed by atoms with Crippen molar-refractivity contribution in [3.63, 3.8) is 0 Å². The Kier molecular flexibility index (Phi) is 8.32. The van der Waals surface area contributed by atoms with Crippen LogP contribution in [0.5, 0.6) is 5.75 Å². The van der Waals surface area contributed by atoms with Gasteiger partial charge in [0.1, 0.15) is 12.4 Å². The van der Waals surface area contributed by atoms with Crippen LogP contribution in [0.15, 0.2) is 72.8 Å². The SMILES string of the molecule is CN1CCCCN(C(=O)c2ccc(Cl)c(Cl)c2)[C@@H](Cc2ccccc2)COc2ccccc2C1=O. The van der Waals surface area contributed by atoms with Crippen LogP contribution in [0.1, 0.15) is 39.1 Å². The van der Waals surface area contributed by atoms with Crippen LogP contribution in [-0.4, -0.2) is 54.4 Å². The Labute approximate surface area is 216 Å². The van der Waals surface area contributed by atoms with E-state index in [1.54, 1.807) is 42.3 Å². The van der Waals surface area contributed by atoms with E-state index in [1.807, 2.05) is 47.4 Å². The van der Waals surface area contributed by atoms with Crippen LogP contribution in [0.4, 0.5) is 0 Å². The lowest BCUT2D eigenvalue weighted by Gasteiger charge is -2.33. The number of para-hydroxylation sites is 1. The van der Waals surface area contributed by atoms with Gasteiger partial charge in [-0.2, -0.15) is 0 Å². The molecule has 1 heterocycles. The fraction of sp³-hybridized carbons (Fsp3) is 0.286.